The molecule has 28 heavy (non-hydrogen) atoms. The first kappa shape index (κ1) is 17.5. The number of pyridine rings is 3. The van der Waals surface area contributed by atoms with Gasteiger partial charge in [0.25, 0.3) is 5.91 Å². The zero-order valence-electron chi connectivity index (χ0n) is 14.7. The first-order chi connectivity index (χ1) is 13.7. The molecule has 4 aromatic rings. The molecule has 7 heteroatoms. The van der Waals surface area contributed by atoms with E-state index in [2.05, 4.69) is 20.3 Å². The molecule has 0 atom stereocenters. The molecule has 0 saturated carbocycles. The fourth-order valence-electron chi connectivity index (χ4n) is 2.63. The van der Waals surface area contributed by atoms with Crippen LogP contribution in [0.4, 0.5) is 4.39 Å². The molecule has 6 nitrogen and oxygen atoms in total. The van der Waals surface area contributed by atoms with Crippen LogP contribution in [-0.2, 0) is 6.54 Å². The minimum Gasteiger partial charge on any atom is -0.436 e. The summed E-state index contributed by atoms with van der Waals surface area (Å²) >= 11 is 0. The Bertz CT molecular complexity index is 1150. The molecule has 3 aromatic heterocycles. The van der Waals surface area contributed by atoms with Crippen LogP contribution < -0.4 is 10.1 Å². The van der Waals surface area contributed by atoms with Crippen LogP contribution in [-0.4, -0.2) is 20.9 Å². The number of fused-ring (bicyclic) bond motifs is 1. The zero-order chi connectivity index (χ0) is 19.3. The van der Waals surface area contributed by atoms with Crippen LogP contribution in [0.25, 0.3) is 11.0 Å². The van der Waals surface area contributed by atoms with Gasteiger partial charge in [0.15, 0.2) is 17.2 Å². The van der Waals surface area contributed by atoms with Crippen LogP contribution in [0.2, 0.25) is 0 Å². The topological polar surface area (TPSA) is 77.0 Å². The van der Waals surface area contributed by atoms with Gasteiger partial charge < -0.3 is 10.1 Å². The second kappa shape index (κ2) is 7.79. The van der Waals surface area contributed by atoms with Crippen molar-refractivity contribution in [2.75, 3.05) is 0 Å². The number of aromatic nitrogens is 3. The standard InChI is InChI=1S/C21H15FN4O2/c22-16-7-1-2-8-18(16)28-21-15(6-4-12-24-21)13-25-20(27)17-10-9-14-5-3-11-23-19(14)26-17/h1-12H,13H2,(H,25,27). The molecule has 0 fully saturated rings. The maximum atomic E-state index is 13.8. The molecule has 138 valence electrons. The summed E-state index contributed by atoms with van der Waals surface area (Å²) in [6.07, 6.45) is 3.16. The Morgan fingerprint density at radius 3 is 2.68 bits per heavy atom. The Balaban J connectivity index is 1.50. The molecule has 0 radical (unpaired) electrons. The first-order valence-corrected chi connectivity index (χ1v) is 8.57. The highest BCUT2D eigenvalue weighted by atomic mass is 19.1. The highest BCUT2D eigenvalue weighted by Gasteiger charge is 2.12. The second-order valence-corrected chi connectivity index (χ2v) is 5.93. The molecule has 0 aliphatic carbocycles. The number of benzene rings is 1. The van der Waals surface area contributed by atoms with Crippen molar-refractivity contribution in [3.8, 4) is 11.6 Å². The van der Waals surface area contributed by atoms with E-state index in [4.69, 9.17) is 4.74 Å². The third-order valence-corrected chi connectivity index (χ3v) is 4.03. The smallest absolute Gasteiger partial charge is 0.270 e. The average Bonchev–Trinajstić information content (AvgIpc) is 2.74. The van der Waals surface area contributed by atoms with Gasteiger partial charge in [-0.25, -0.2) is 19.3 Å². The summed E-state index contributed by atoms with van der Waals surface area (Å²) in [7, 11) is 0. The van der Waals surface area contributed by atoms with Crippen molar-refractivity contribution in [3.63, 3.8) is 0 Å². The summed E-state index contributed by atoms with van der Waals surface area (Å²) in [6, 6.07) is 16.6. The van der Waals surface area contributed by atoms with E-state index in [-0.39, 0.29) is 29.8 Å². The number of hydrogen-bond acceptors (Lipinski definition) is 5. The molecule has 0 aliphatic heterocycles. The molecule has 0 aliphatic rings. The van der Waals surface area contributed by atoms with Crippen molar-refractivity contribution in [2.45, 2.75) is 6.54 Å². The van der Waals surface area contributed by atoms with Crippen LogP contribution >= 0.6 is 0 Å². The molecular formula is C21H15FN4O2. The second-order valence-electron chi connectivity index (χ2n) is 5.93. The van der Waals surface area contributed by atoms with Gasteiger partial charge in [-0.2, -0.15) is 0 Å². The summed E-state index contributed by atoms with van der Waals surface area (Å²) in [5.41, 5.74) is 1.37. The van der Waals surface area contributed by atoms with Gasteiger partial charge in [-0.3, -0.25) is 4.79 Å². The van der Waals surface area contributed by atoms with Crippen LogP contribution in [0.5, 0.6) is 11.6 Å². The first-order valence-electron chi connectivity index (χ1n) is 8.57. The zero-order valence-corrected chi connectivity index (χ0v) is 14.7. The Kier molecular flexibility index (Phi) is 4.88. The molecule has 0 unspecified atom stereocenters. The number of rotatable bonds is 5. The lowest BCUT2D eigenvalue weighted by Crippen LogP contribution is -2.24. The molecule has 3 heterocycles. The van der Waals surface area contributed by atoms with Crippen LogP contribution in [0.15, 0.2) is 73.1 Å². The van der Waals surface area contributed by atoms with E-state index >= 15 is 0 Å². The van der Waals surface area contributed by atoms with Crippen molar-refractivity contribution >= 4 is 16.9 Å². The summed E-state index contributed by atoms with van der Waals surface area (Å²) < 4.78 is 19.4. The monoisotopic (exact) mass is 374 g/mol. The molecule has 0 spiro atoms. The Hall–Kier alpha value is -3.87. The lowest BCUT2D eigenvalue weighted by molar-refractivity contribution is 0.0946. The van der Waals surface area contributed by atoms with Crippen LogP contribution in [0.3, 0.4) is 0 Å². The number of halogens is 1. The van der Waals surface area contributed by atoms with Gasteiger partial charge in [-0.05, 0) is 42.5 Å². The van der Waals surface area contributed by atoms with Gasteiger partial charge in [0.05, 0.1) is 0 Å². The van der Waals surface area contributed by atoms with E-state index in [1.165, 1.54) is 18.3 Å². The predicted octanol–water partition coefficient (Wildman–Crippen LogP) is 3.89. The van der Waals surface area contributed by atoms with Crippen molar-refractivity contribution in [3.05, 3.63) is 90.1 Å². The Morgan fingerprint density at radius 2 is 1.79 bits per heavy atom. The highest BCUT2D eigenvalue weighted by molar-refractivity contribution is 5.94. The lowest BCUT2D eigenvalue weighted by atomic mass is 10.2. The van der Waals surface area contributed by atoms with Gasteiger partial charge in [0.2, 0.25) is 5.88 Å². The number of ether oxygens (including phenoxy) is 1. The molecule has 0 bridgehead atoms. The highest BCUT2D eigenvalue weighted by Crippen LogP contribution is 2.25. The van der Waals surface area contributed by atoms with Gasteiger partial charge in [0, 0.05) is 29.9 Å². The number of carbonyl (C=O) groups is 1. The fraction of sp³-hybridized carbons (Fsp3) is 0.0476. The number of amides is 1. The van der Waals surface area contributed by atoms with Crippen molar-refractivity contribution in [1.29, 1.82) is 0 Å². The fourth-order valence-corrected chi connectivity index (χ4v) is 2.63. The van der Waals surface area contributed by atoms with E-state index in [0.29, 0.717) is 11.2 Å². The van der Waals surface area contributed by atoms with E-state index in [1.54, 1.807) is 42.6 Å². The number of carbonyl (C=O) groups excluding carboxylic acids is 1. The van der Waals surface area contributed by atoms with E-state index in [9.17, 15) is 9.18 Å². The molecule has 4 rings (SSSR count). The van der Waals surface area contributed by atoms with Crippen molar-refractivity contribution < 1.29 is 13.9 Å². The maximum Gasteiger partial charge on any atom is 0.270 e. The van der Waals surface area contributed by atoms with Gasteiger partial charge in [0.1, 0.15) is 5.69 Å². The number of hydrogen-bond donors (Lipinski definition) is 1. The summed E-state index contributed by atoms with van der Waals surface area (Å²) in [5.74, 6) is -0.554. The predicted molar refractivity (Wildman–Crippen MR) is 101 cm³/mol. The van der Waals surface area contributed by atoms with E-state index < -0.39 is 5.82 Å². The van der Waals surface area contributed by atoms with Crippen molar-refractivity contribution in [2.24, 2.45) is 0 Å². The van der Waals surface area contributed by atoms with Crippen LogP contribution in [0, 0.1) is 5.82 Å². The SMILES string of the molecule is O=C(NCc1cccnc1Oc1ccccc1F)c1ccc2cccnc2n1. The molecule has 0 saturated heterocycles. The molecule has 1 aromatic carbocycles. The summed E-state index contributed by atoms with van der Waals surface area (Å²) in [6.45, 7) is 0.151. The minimum atomic E-state index is -0.490. The van der Waals surface area contributed by atoms with Crippen LogP contribution in [0.1, 0.15) is 16.1 Å². The normalized spacial score (nSPS) is 10.6. The van der Waals surface area contributed by atoms with E-state index in [1.807, 2.05) is 12.1 Å². The minimum absolute atomic E-state index is 0.0658. The molecule has 1 amide bonds. The third kappa shape index (κ3) is 3.78. The van der Waals surface area contributed by atoms with E-state index in [0.717, 1.165) is 5.39 Å². The average molecular weight is 374 g/mol. The maximum absolute atomic E-state index is 13.8. The van der Waals surface area contributed by atoms with Gasteiger partial charge in [-0.1, -0.05) is 18.2 Å². The quantitative estimate of drug-likeness (QED) is 0.574. The largest absolute Gasteiger partial charge is 0.436 e. The molecular weight excluding hydrogens is 359 g/mol. The Morgan fingerprint density at radius 1 is 0.964 bits per heavy atom. The number of nitrogens with one attached hydrogen (secondary N) is 1. The lowest BCUT2D eigenvalue weighted by Gasteiger charge is -2.11. The van der Waals surface area contributed by atoms with Gasteiger partial charge >= 0.3 is 0 Å². The summed E-state index contributed by atoms with van der Waals surface area (Å²) in [4.78, 5) is 25.0. The van der Waals surface area contributed by atoms with Gasteiger partial charge in [-0.15, -0.1) is 0 Å². The third-order valence-electron chi connectivity index (χ3n) is 4.03. The van der Waals surface area contributed by atoms with Crippen molar-refractivity contribution in [1.82, 2.24) is 20.3 Å². The molecule has 1 N–H and O–H groups in total. The number of nitrogens with zero attached hydrogens (tertiary/aromatic N) is 3. The summed E-state index contributed by atoms with van der Waals surface area (Å²) in [5, 5.41) is 3.63. The Labute approximate surface area is 160 Å². The number of para-hydroxylation sites is 1.